The van der Waals surface area contributed by atoms with Crippen molar-refractivity contribution in [2.75, 3.05) is 18.5 Å². The first kappa shape index (κ1) is 14.4. The Kier molecular flexibility index (Phi) is 4.27. The van der Waals surface area contributed by atoms with Crippen molar-refractivity contribution in [2.45, 2.75) is 13.2 Å². The summed E-state index contributed by atoms with van der Waals surface area (Å²) < 4.78 is 39.6. The minimum absolute atomic E-state index is 0.131. The lowest BCUT2D eigenvalue weighted by Gasteiger charge is -2.19. The third kappa shape index (κ3) is 3.58. The van der Waals surface area contributed by atoms with Crippen LogP contribution < -0.4 is 19.5 Å². The Morgan fingerprint density at radius 3 is 2.64 bits per heavy atom. The smallest absolute Gasteiger partial charge is 0.387 e. The van der Waals surface area contributed by atoms with E-state index in [0.717, 1.165) is 23.5 Å². The maximum Gasteiger partial charge on any atom is 0.387 e. The number of halogens is 2. The molecule has 0 amide bonds. The molecule has 116 valence electrons. The van der Waals surface area contributed by atoms with Crippen LogP contribution in [0.5, 0.6) is 17.2 Å². The Hall–Kier alpha value is -2.50. The quantitative estimate of drug-likeness (QED) is 0.915. The van der Waals surface area contributed by atoms with E-state index in [1.807, 2.05) is 18.2 Å². The molecule has 2 aromatic rings. The largest absolute Gasteiger partial charge is 0.489 e. The lowest BCUT2D eigenvalue weighted by atomic mass is 10.2. The molecule has 0 saturated carbocycles. The fraction of sp³-hybridized carbons (Fsp3) is 0.250. The Bertz CT molecular complexity index is 632. The van der Waals surface area contributed by atoms with E-state index in [1.54, 1.807) is 12.1 Å². The van der Waals surface area contributed by atoms with Gasteiger partial charge in [0.15, 0.2) is 0 Å². The van der Waals surface area contributed by atoms with Crippen LogP contribution in [0.1, 0.15) is 5.56 Å². The van der Waals surface area contributed by atoms with Gasteiger partial charge in [-0.25, -0.2) is 0 Å². The Labute approximate surface area is 126 Å². The molecule has 0 aliphatic carbocycles. The molecule has 1 N–H and O–H groups in total. The lowest BCUT2D eigenvalue weighted by molar-refractivity contribution is -0.0498. The second-order valence-electron chi connectivity index (χ2n) is 4.74. The molecule has 0 atom stereocenters. The summed E-state index contributed by atoms with van der Waals surface area (Å²) in [6, 6.07) is 12.0. The molecule has 0 aromatic heterocycles. The summed E-state index contributed by atoms with van der Waals surface area (Å²) in [5.74, 6) is 1.59. The second-order valence-corrected chi connectivity index (χ2v) is 4.74. The van der Waals surface area contributed by atoms with E-state index >= 15 is 0 Å². The summed E-state index contributed by atoms with van der Waals surface area (Å²) in [5.41, 5.74) is 1.81. The van der Waals surface area contributed by atoms with Gasteiger partial charge in [0.05, 0.1) is 5.69 Å². The molecule has 2 aromatic carbocycles. The molecule has 0 saturated heterocycles. The minimum Gasteiger partial charge on any atom is -0.489 e. The van der Waals surface area contributed by atoms with Crippen molar-refractivity contribution in [1.29, 1.82) is 0 Å². The van der Waals surface area contributed by atoms with Crippen molar-refractivity contribution < 1.29 is 23.0 Å². The van der Waals surface area contributed by atoms with Gasteiger partial charge < -0.3 is 19.5 Å². The highest BCUT2D eigenvalue weighted by molar-refractivity contribution is 5.60. The predicted molar refractivity (Wildman–Crippen MR) is 77.8 cm³/mol. The first-order chi connectivity index (χ1) is 10.7. The molecule has 0 bridgehead atoms. The van der Waals surface area contributed by atoms with Crippen LogP contribution in [0, 0.1) is 0 Å². The van der Waals surface area contributed by atoms with Gasteiger partial charge in [-0.1, -0.05) is 12.1 Å². The maximum absolute atomic E-state index is 12.1. The number of nitrogens with one attached hydrogen (secondary N) is 1. The number of benzene rings is 2. The summed E-state index contributed by atoms with van der Waals surface area (Å²) in [6.45, 7) is -1.06. The highest BCUT2D eigenvalue weighted by Gasteiger charge is 2.10. The van der Waals surface area contributed by atoms with Crippen molar-refractivity contribution in [3.05, 3.63) is 48.0 Å². The van der Waals surface area contributed by atoms with Gasteiger partial charge in [-0.15, -0.1) is 0 Å². The van der Waals surface area contributed by atoms with Crippen LogP contribution in [0.2, 0.25) is 0 Å². The molecule has 0 fully saturated rings. The standard InChI is InChI=1S/C16H15F2NO3/c17-16(18)22-12-3-1-11(2-4-12)10-21-13-5-6-14-15(9-13)20-8-7-19-14/h1-6,9,16,19H,7-8,10H2. The summed E-state index contributed by atoms with van der Waals surface area (Å²) in [5, 5.41) is 3.23. The van der Waals surface area contributed by atoms with Crippen molar-refractivity contribution in [1.82, 2.24) is 0 Å². The van der Waals surface area contributed by atoms with Crippen LogP contribution >= 0.6 is 0 Å². The fourth-order valence-electron chi connectivity index (χ4n) is 2.14. The highest BCUT2D eigenvalue weighted by atomic mass is 19.3. The summed E-state index contributed by atoms with van der Waals surface area (Å²) in [6.07, 6.45) is 0. The molecular weight excluding hydrogens is 292 g/mol. The molecular formula is C16H15F2NO3. The van der Waals surface area contributed by atoms with E-state index in [2.05, 4.69) is 10.1 Å². The van der Waals surface area contributed by atoms with E-state index in [9.17, 15) is 8.78 Å². The van der Waals surface area contributed by atoms with Crippen LogP contribution in [-0.2, 0) is 6.61 Å². The third-order valence-corrected chi connectivity index (χ3v) is 3.18. The van der Waals surface area contributed by atoms with Gasteiger partial charge in [-0.05, 0) is 29.8 Å². The second kappa shape index (κ2) is 6.51. The van der Waals surface area contributed by atoms with Gasteiger partial charge in [0, 0.05) is 12.6 Å². The average molecular weight is 307 g/mol. The van der Waals surface area contributed by atoms with Crippen LogP contribution in [0.4, 0.5) is 14.5 Å². The molecule has 3 rings (SSSR count). The summed E-state index contributed by atoms with van der Waals surface area (Å²) in [4.78, 5) is 0. The van der Waals surface area contributed by atoms with Crippen LogP contribution in [0.15, 0.2) is 42.5 Å². The molecule has 1 aliphatic rings. The lowest BCUT2D eigenvalue weighted by Crippen LogP contribution is -2.17. The molecule has 0 radical (unpaired) electrons. The minimum atomic E-state index is -2.81. The number of anilines is 1. The molecule has 22 heavy (non-hydrogen) atoms. The Morgan fingerprint density at radius 2 is 1.86 bits per heavy atom. The van der Waals surface area contributed by atoms with Gasteiger partial charge in [0.1, 0.15) is 30.5 Å². The van der Waals surface area contributed by atoms with Gasteiger partial charge in [-0.3, -0.25) is 0 Å². The predicted octanol–water partition coefficient (Wildman–Crippen LogP) is 3.67. The van der Waals surface area contributed by atoms with Gasteiger partial charge in [0.2, 0.25) is 0 Å². The molecule has 1 heterocycles. The number of rotatable bonds is 5. The van der Waals surface area contributed by atoms with E-state index in [4.69, 9.17) is 9.47 Å². The number of ether oxygens (including phenoxy) is 3. The molecule has 4 nitrogen and oxygen atoms in total. The number of hydrogen-bond donors (Lipinski definition) is 1. The van der Waals surface area contributed by atoms with E-state index < -0.39 is 6.61 Å². The highest BCUT2D eigenvalue weighted by Crippen LogP contribution is 2.31. The Balaban J connectivity index is 1.60. The van der Waals surface area contributed by atoms with E-state index in [0.29, 0.717) is 19.0 Å². The molecule has 1 aliphatic heterocycles. The first-order valence-electron chi connectivity index (χ1n) is 6.88. The van der Waals surface area contributed by atoms with Crippen molar-refractivity contribution in [2.24, 2.45) is 0 Å². The van der Waals surface area contributed by atoms with Gasteiger partial charge >= 0.3 is 6.61 Å². The van der Waals surface area contributed by atoms with Gasteiger partial charge in [-0.2, -0.15) is 8.78 Å². The van der Waals surface area contributed by atoms with Crippen molar-refractivity contribution in [3.63, 3.8) is 0 Å². The zero-order valence-corrected chi connectivity index (χ0v) is 11.7. The molecule has 6 heteroatoms. The SMILES string of the molecule is FC(F)Oc1ccc(COc2ccc3c(c2)OCCN3)cc1. The van der Waals surface area contributed by atoms with E-state index in [1.165, 1.54) is 12.1 Å². The number of hydrogen-bond acceptors (Lipinski definition) is 4. The normalized spacial score (nSPS) is 13.0. The van der Waals surface area contributed by atoms with Crippen LogP contribution in [0.3, 0.4) is 0 Å². The summed E-state index contributed by atoms with van der Waals surface area (Å²) in [7, 11) is 0. The summed E-state index contributed by atoms with van der Waals surface area (Å²) >= 11 is 0. The number of alkyl halides is 2. The topological polar surface area (TPSA) is 39.7 Å². The Morgan fingerprint density at radius 1 is 1.09 bits per heavy atom. The fourth-order valence-corrected chi connectivity index (χ4v) is 2.14. The van der Waals surface area contributed by atoms with Gasteiger partial charge in [0.25, 0.3) is 0 Å². The zero-order chi connectivity index (χ0) is 15.4. The van der Waals surface area contributed by atoms with E-state index in [-0.39, 0.29) is 5.75 Å². The maximum atomic E-state index is 12.1. The third-order valence-electron chi connectivity index (χ3n) is 3.18. The average Bonchev–Trinajstić information content (AvgIpc) is 2.53. The van der Waals surface area contributed by atoms with Crippen molar-refractivity contribution >= 4 is 5.69 Å². The van der Waals surface area contributed by atoms with Crippen LogP contribution in [0.25, 0.3) is 0 Å². The van der Waals surface area contributed by atoms with Crippen molar-refractivity contribution in [3.8, 4) is 17.2 Å². The molecule has 0 spiro atoms. The zero-order valence-electron chi connectivity index (χ0n) is 11.7. The first-order valence-corrected chi connectivity index (χ1v) is 6.88. The van der Waals surface area contributed by atoms with Crippen LogP contribution in [-0.4, -0.2) is 19.8 Å². The monoisotopic (exact) mass is 307 g/mol. The number of fused-ring (bicyclic) bond motifs is 1. The molecule has 0 unspecified atom stereocenters.